The van der Waals surface area contributed by atoms with E-state index in [1.165, 1.54) is 6.07 Å². The van der Waals surface area contributed by atoms with Gasteiger partial charge in [0.25, 0.3) is 0 Å². The summed E-state index contributed by atoms with van der Waals surface area (Å²) in [7, 11) is 0. The number of phenols is 1. The molecule has 0 saturated carbocycles. The molecular formula is C33H31ClF2N6O2. The van der Waals surface area contributed by atoms with Crippen LogP contribution in [0.1, 0.15) is 37.7 Å². The van der Waals surface area contributed by atoms with E-state index in [1.807, 2.05) is 0 Å². The molecule has 5 heterocycles. The van der Waals surface area contributed by atoms with Crippen molar-refractivity contribution in [2.45, 2.75) is 55.9 Å². The fraction of sp³-hybridized carbons (Fsp3) is 0.424. The third-order valence-corrected chi connectivity index (χ3v) is 10.3. The second-order valence-electron chi connectivity index (χ2n) is 12.7. The van der Waals surface area contributed by atoms with Crippen molar-refractivity contribution in [3.05, 3.63) is 52.8 Å². The number of nitrogens with one attached hydrogen (secondary N) is 1. The number of aromatic hydroxyl groups is 1. The molecule has 0 spiro atoms. The Morgan fingerprint density at radius 2 is 1.98 bits per heavy atom. The zero-order valence-corrected chi connectivity index (χ0v) is 24.7. The van der Waals surface area contributed by atoms with Crippen LogP contribution in [-0.2, 0) is 0 Å². The highest BCUT2D eigenvalue weighted by Crippen LogP contribution is 2.44. The molecule has 8 rings (SSSR count). The smallest absolute Gasteiger partial charge is 0.319 e. The average molecular weight is 617 g/mol. The molecule has 4 atom stereocenters. The number of benzene rings is 3. The van der Waals surface area contributed by atoms with Crippen molar-refractivity contribution in [2.24, 2.45) is 0 Å². The standard InChI is InChI=1S/C33H31ClF2N6O2/c34-26-4-1-3-18-9-23(43)11-24(27(18)26)28-19(13-37)10-25-30(29(28)36)39-32(40-31(25)41-15-21-5-6-22(16-41)38-21)44-17-33-7-2-8-42(33)14-20(35)12-33/h1,3-4,9-11,20-22,38,43H,2,5-8,12,14-17H2/t20-,21?,22?,33+/m1/s1. The number of ether oxygens (including phenoxy) is 1. The topological polar surface area (TPSA) is 97.5 Å². The van der Waals surface area contributed by atoms with Gasteiger partial charge in [-0.25, -0.2) is 8.78 Å². The lowest BCUT2D eigenvalue weighted by Crippen LogP contribution is -2.51. The molecule has 4 aliphatic rings. The Labute approximate surface area is 258 Å². The summed E-state index contributed by atoms with van der Waals surface area (Å²) < 4.78 is 37.7. The van der Waals surface area contributed by atoms with Crippen LogP contribution in [0.2, 0.25) is 5.02 Å². The van der Waals surface area contributed by atoms with E-state index in [0.717, 1.165) is 32.2 Å². The molecule has 44 heavy (non-hydrogen) atoms. The van der Waals surface area contributed by atoms with Crippen molar-refractivity contribution in [2.75, 3.05) is 37.7 Å². The van der Waals surface area contributed by atoms with E-state index in [2.05, 4.69) is 26.2 Å². The number of halogens is 3. The van der Waals surface area contributed by atoms with E-state index in [1.54, 1.807) is 30.3 Å². The molecule has 2 bridgehead atoms. The summed E-state index contributed by atoms with van der Waals surface area (Å²) in [4.78, 5) is 13.7. The Kier molecular flexibility index (Phi) is 6.56. The van der Waals surface area contributed by atoms with Gasteiger partial charge in [0.05, 0.1) is 17.2 Å². The van der Waals surface area contributed by atoms with Gasteiger partial charge in [-0.3, -0.25) is 4.90 Å². The van der Waals surface area contributed by atoms with Crippen LogP contribution in [0.15, 0.2) is 36.4 Å². The maximum Gasteiger partial charge on any atom is 0.319 e. The van der Waals surface area contributed by atoms with Crippen molar-refractivity contribution in [1.29, 1.82) is 5.26 Å². The number of phenolic OH excluding ortho intramolecular Hbond substituents is 1. The summed E-state index contributed by atoms with van der Waals surface area (Å²) in [6.45, 7) is 2.80. The lowest BCUT2D eigenvalue weighted by molar-refractivity contribution is 0.107. The Morgan fingerprint density at radius 1 is 1.16 bits per heavy atom. The predicted molar refractivity (Wildman–Crippen MR) is 165 cm³/mol. The number of piperazine rings is 1. The van der Waals surface area contributed by atoms with E-state index in [-0.39, 0.29) is 47.1 Å². The van der Waals surface area contributed by atoms with E-state index >= 15 is 4.39 Å². The van der Waals surface area contributed by atoms with Crippen LogP contribution in [0.5, 0.6) is 11.8 Å². The summed E-state index contributed by atoms with van der Waals surface area (Å²) in [6.07, 6.45) is 3.37. The Bertz CT molecular complexity index is 1850. The van der Waals surface area contributed by atoms with Crippen molar-refractivity contribution >= 4 is 39.1 Å². The number of fused-ring (bicyclic) bond motifs is 5. The van der Waals surface area contributed by atoms with Crippen LogP contribution in [0.4, 0.5) is 14.6 Å². The van der Waals surface area contributed by atoms with Crippen molar-refractivity contribution in [1.82, 2.24) is 20.2 Å². The zero-order valence-electron chi connectivity index (χ0n) is 24.0. The van der Waals surface area contributed by atoms with Crippen LogP contribution in [0, 0.1) is 17.1 Å². The first-order valence-electron chi connectivity index (χ1n) is 15.2. The number of anilines is 1. The molecule has 8 nitrogen and oxygen atoms in total. The third kappa shape index (κ3) is 4.44. The Hall–Kier alpha value is -3.78. The van der Waals surface area contributed by atoms with Crippen molar-refractivity contribution < 1.29 is 18.6 Å². The van der Waals surface area contributed by atoms with Gasteiger partial charge in [-0.2, -0.15) is 15.2 Å². The molecule has 2 unspecified atom stereocenters. The normalized spacial score (nSPS) is 26.4. The first-order valence-corrected chi connectivity index (χ1v) is 15.6. The van der Waals surface area contributed by atoms with Gasteiger partial charge in [-0.1, -0.05) is 23.7 Å². The molecule has 4 aliphatic heterocycles. The van der Waals surface area contributed by atoms with Gasteiger partial charge in [-0.15, -0.1) is 0 Å². The number of nitriles is 1. The largest absolute Gasteiger partial charge is 0.508 e. The monoisotopic (exact) mass is 616 g/mol. The fourth-order valence-electron chi connectivity index (χ4n) is 8.03. The molecule has 4 aromatic rings. The van der Waals surface area contributed by atoms with Crippen LogP contribution >= 0.6 is 11.6 Å². The van der Waals surface area contributed by atoms with Crippen molar-refractivity contribution in [3.63, 3.8) is 0 Å². The quantitative estimate of drug-likeness (QED) is 0.294. The molecular weight excluding hydrogens is 586 g/mol. The van der Waals surface area contributed by atoms with Gasteiger partial charge in [0.1, 0.15) is 29.9 Å². The number of hydrogen-bond acceptors (Lipinski definition) is 8. The SMILES string of the molecule is N#Cc1cc2c(N3CC4CCC(C3)N4)nc(OC[C@@]34CCCN3C[C@H](F)C4)nc2c(F)c1-c1cc(O)cc2cccc(Cl)c12. The molecule has 4 fully saturated rings. The maximum absolute atomic E-state index is 17.0. The van der Waals surface area contributed by atoms with E-state index in [4.69, 9.17) is 21.3 Å². The predicted octanol–water partition coefficient (Wildman–Crippen LogP) is 5.72. The van der Waals surface area contributed by atoms with Crippen LogP contribution in [0.3, 0.4) is 0 Å². The highest BCUT2D eigenvalue weighted by atomic mass is 35.5. The lowest BCUT2D eigenvalue weighted by atomic mass is 9.92. The first-order chi connectivity index (χ1) is 21.3. The summed E-state index contributed by atoms with van der Waals surface area (Å²) in [5, 5.41) is 26.4. The van der Waals surface area contributed by atoms with Gasteiger partial charge in [0.15, 0.2) is 5.82 Å². The summed E-state index contributed by atoms with van der Waals surface area (Å²) in [6, 6.07) is 12.6. The molecule has 11 heteroatoms. The molecule has 4 saturated heterocycles. The molecule has 1 aromatic heterocycles. The molecule has 0 amide bonds. The summed E-state index contributed by atoms with van der Waals surface area (Å²) >= 11 is 6.60. The third-order valence-electron chi connectivity index (χ3n) is 9.94. The first kappa shape index (κ1) is 27.7. The van der Waals surface area contributed by atoms with Crippen LogP contribution in [0.25, 0.3) is 32.8 Å². The Balaban J connectivity index is 1.31. The summed E-state index contributed by atoms with van der Waals surface area (Å²) in [5.41, 5.74) is -0.0215. The van der Waals surface area contributed by atoms with E-state index in [0.29, 0.717) is 58.6 Å². The van der Waals surface area contributed by atoms with Gasteiger partial charge < -0.3 is 20.1 Å². The minimum absolute atomic E-state index is 0.00149. The molecule has 0 aliphatic carbocycles. The molecule has 0 radical (unpaired) electrons. The van der Waals surface area contributed by atoms with Gasteiger partial charge >= 0.3 is 6.01 Å². The van der Waals surface area contributed by atoms with Crippen LogP contribution in [-0.4, -0.2) is 76.6 Å². The van der Waals surface area contributed by atoms with Gasteiger partial charge in [-0.05, 0) is 67.4 Å². The van der Waals surface area contributed by atoms with Crippen molar-refractivity contribution in [3.8, 4) is 29.0 Å². The zero-order chi connectivity index (χ0) is 30.2. The second kappa shape index (κ2) is 10.4. The fourth-order valence-corrected chi connectivity index (χ4v) is 8.31. The average Bonchev–Trinajstić information content (AvgIpc) is 3.65. The highest BCUT2D eigenvalue weighted by molar-refractivity contribution is 6.36. The molecule has 226 valence electrons. The lowest BCUT2D eigenvalue weighted by Gasteiger charge is -2.34. The van der Waals surface area contributed by atoms with Crippen LogP contribution < -0.4 is 15.0 Å². The minimum atomic E-state index is -0.906. The number of alkyl halides is 1. The second-order valence-corrected chi connectivity index (χ2v) is 13.1. The number of nitrogens with zero attached hydrogens (tertiary/aromatic N) is 5. The Morgan fingerprint density at radius 3 is 2.77 bits per heavy atom. The van der Waals surface area contributed by atoms with Gasteiger partial charge in [0, 0.05) is 59.5 Å². The number of hydrogen-bond donors (Lipinski definition) is 2. The number of aromatic nitrogens is 2. The maximum atomic E-state index is 17.0. The molecule has 3 aromatic carbocycles. The van der Waals surface area contributed by atoms with E-state index in [9.17, 15) is 14.8 Å². The van der Waals surface area contributed by atoms with Gasteiger partial charge in [0.2, 0.25) is 0 Å². The number of rotatable bonds is 5. The summed E-state index contributed by atoms with van der Waals surface area (Å²) in [5.74, 6) is -0.285. The molecule has 2 N–H and O–H groups in total. The van der Waals surface area contributed by atoms with E-state index < -0.39 is 17.5 Å². The minimum Gasteiger partial charge on any atom is -0.508 e. The highest BCUT2D eigenvalue weighted by Gasteiger charge is 2.49.